The molecule has 0 unspecified atom stereocenters. The summed E-state index contributed by atoms with van der Waals surface area (Å²) < 4.78 is 10.5. The number of para-hydroxylation sites is 1. The van der Waals surface area contributed by atoms with Crippen LogP contribution >= 0.6 is 0 Å². The van der Waals surface area contributed by atoms with Gasteiger partial charge in [0.25, 0.3) is 0 Å². The summed E-state index contributed by atoms with van der Waals surface area (Å²) in [6, 6.07) is 13.5. The molecule has 1 fully saturated rings. The molecule has 0 radical (unpaired) electrons. The van der Waals surface area contributed by atoms with Crippen LogP contribution in [-0.4, -0.2) is 37.4 Å². The molecule has 6 heteroatoms. The molecular formula is C21H21NO5. The number of carbonyl (C=O) groups is 3. The first-order valence-electron chi connectivity index (χ1n) is 8.92. The maximum atomic E-state index is 12.3. The Morgan fingerprint density at radius 3 is 2.48 bits per heavy atom. The fraction of sp³-hybridized carbons (Fsp3) is 0.286. The molecule has 1 aliphatic rings. The number of carbonyl (C=O) groups excluding carboxylic acids is 3. The minimum atomic E-state index is -0.605. The van der Waals surface area contributed by atoms with Crippen LogP contribution in [0.3, 0.4) is 0 Å². The van der Waals surface area contributed by atoms with Crippen LogP contribution in [0.2, 0.25) is 0 Å². The summed E-state index contributed by atoms with van der Waals surface area (Å²) in [5, 5.41) is 0. The highest BCUT2D eigenvalue weighted by Crippen LogP contribution is 2.22. The summed E-state index contributed by atoms with van der Waals surface area (Å²) in [5.41, 5.74) is 1.49. The van der Waals surface area contributed by atoms with E-state index in [4.69, 9.17) is 9.47 Å². The number of nitrogens with zero attached hydrogens (tertiary/aromatic N) is 1. The molecule has 6 nitrogen and oxygen atoms in total. The van der Waals surface area contributed by atoms with Gasteiger partial charge in [0, 0.05) is 24.2 Å². The number of benzene rings is 2. The summed E-state index contributed by atoms with van der Waals surface area (Å²) in [6.45, 7) is 2.59. The Labute approximate surface area is 157 Å². The van der Waals surface area contributed by atoms with Gasteiger partial charge in [0.1, 0.15) is 11.3 Å². The molecule has 1 saturated heterocycles. The van der Waals surface area contributed by atoms with Crippen LogP contribution in [0.5, 0.6) is 5.75 Å². The fourth-order valence-electron chi connectivity index (χ4n) is 2.96. The lowest BCUT2D eigenvalue weighted by atomic mass is 10.1. The Bertz CT molecular complexity index is 844. The number of anilines is 1. The van der Waals surface area contributed by atoms with Gasteiger partial charge in [-0.05, 0) is 49.7 Å². The third-order valence-corrected chi connectivity index (χ3v) is 4.32. The first-order chi connectivity index (χ1) is 13.1. The topological polar surface area (TPSA) is 72.9 Å². The average molecular weight is 367 g/mol. The normalized spacial score (nSPS) is 13.5. The maximum Gasteiger partial charge on any atom is 0.342 e. The number of ether oxygens (including phenoxy) is 2. The van der Waals surface area contributed by atoms with E-state index >= 15 is 0 Å². The van der Waals surface area contributed by atoms with E-state index in [9.17, 15) is 14.4 Å². The van der Waals surface area contributed by atoms with Crippen molar-refractivity contribution in [1.29, 1.82) is 0 Å². The molecule has 2 aromatic carbocycles. The third kappa shape index (κ3) is 4.34. The van der Waals surface area contributed by atoms with Crippen molar-refractivity contribution in [3.05, 3.63) is 59.7 Å². The molecule has 0 N–H and O–H groups in total. The van der Waals surface area contributed by atoms with Crippen molar-refractivity contribution in [3.8, 4) is 5.75 Å². The molecule has 0 spiro atoms. The molecule has 0 atom stereocenters. The summed E-state index contributed by atoms with van der Waals surface area (Å²) in [7, 11) is 0. The van der Waals surface area contributed by atoms with Crippen LogP contribution in [0.1, 0.15) is 40.5 Å². The van der Waals surface area contributed by atoms with Gasteiger partial charge in [-0.1, -0.05) is 12.1 Å². The molecule has 0 bridgehead atoms. The van der Waals surface area contributed by atoms with Gasteiger partial charge in [0.15, 0.2) is 12.4 Å². The second kappa shape index (κ2) is 8.49. The van der Waals surface area contributed by atoms with Gasteiger partial charge in [-0.25, -0.2) is 4.79 Å². The van der Waals surface area contributed by atoms with Crippen molar-refractivity contribution in [1.82, 2.24) is 0 Å². The average Bonchev–Trinajstić information content (AvgIpc) is 3.12. The number of Topliss-reactive ketones (excluding diaryl/α,β-unsaturated/α-hetero) is 1. The number of hydrogen-bond acceptors (Lipinski definition) is 5. The maximum absolute atomic E-state index is 12.3. The van der Waals surface area contributed by atoms with E-state index < -0.39 is 5.97 Å². The first-order valence-corrected chi connectivity index (χ1v) is 8.92. The molecule has 140 valence electrons. The molecule has 27 heavy (non-hydrogen) atoms. The van der Waals surface area contributed by atoms with Crippen LogP contribution in [-0.2, 0) is 9.53 Å². The standard InChI is InChI=1S/C21H21NO5/c1-2-26-19-7-4-3-6-17(19)21(25)27-14-18(23)15-9-11-16(12-10-15)22-13-5-8-20(22)24/h3-4,6-7,9-12H,2,5,8,13-14H2,1H3. The Hall–Kier alpha value is -3.15. The number of rotatable bonds is 7. The molecule has 1 heterocycles. The van der Waals surface area contributed by atoms with Crippen molar-refractivity contribution in [2.45, 2.75) is 19.8 Å². The molecule has 1 amide bonds. The lowest BCUT2D eigenvalue weighted by molar-refractivity contribution is -0.117. The van der Waals surface area contributed by atoms with Crippen LogP contribution in [0.4, 0.5) is 5.69 Å². The van der Waals surface area contributed by atoms with Gasteiger partial charge in [0.2, 0.25) is 5.91 Å². The molecule has 3 rings (SSSR count). The minimum absolute atomic E-state index is 0.0935. The zero-order valence-corrected chi connectivity index (χ0v) is 15.1. The SMILES string of the molecule is CCOc1ccccc1C(=O)OCC(=O)c1ccc(N2CCCC2=O)cc1. The van der Waals surface area contributed by atoms with E-state index in [1.807, 2.05) is 6.92 Å². The number of amides is 1. The van der Waals surface area contributed by atoms with Crippen molar-refractivity contribution < 1.29 is 23.9 Å². The number of ketones is 1. The van der Waals surface area contributed by atoms with E-state index in [-0.39, 0.29) is 23.9 Å². The summed E-state index contributed by atoms with van der Waals surface area (Å²) in [4.78, 5) is 38.0. The van der Waals surface area contributed by atoms with Crippen LogP contribution in [0.15, 0.2) is 48.5 Å². The zero-order chi connectivity index (χ0) is 19.2. The molecule has 0 aromatic heterocycles. The van der Waals surface area contributed by atoms with Gasteiger partial charge in [-0.2, -0.15) is 0 Å². The predicted molar refractivity (Wildman–Crippen MR) is 100 cm³/mol. The first kappa shape index (κ1) is 18.6. The molecule has 2 aromatic rings. The van der Waals surface area contributed by atoms with Gasteiger partial charge in [0.05, 0.1) is 6.61 Å². The van der Waals surface area contributed by atoms with Crippen LogP contribution in [0.25, 0.3) is 0 Å². The van der Waals surface area contributed by atoms with Crippen molar-refractivity contribution in [2.24, 2.45) is 0 Å². The lowest BCUT2D eigenvalue weighted by Gasteiger charge is -2.15. The second-order valence-electron chi connectivity index (χ2n) is 6.12. The van der Waals surface area contributed by atoms with Gasteiger partial charge >= 0.3 is 5.97 Å². The lowest BCUT2D eigenvalue weighted by Crippen LogP contribution is -2.23. The van der Waals surface area contributed by atoms with Crippen molar-refractivity contribution in [2.75, 3.05) is 24.7 Å². The molecular weight excluding hydrogens is 346 g/mol. The van der Waals surface area contributed by atoms with Crippen molar-refractivity contribution in [3.63, 3.8) is 0 Å². The van der Waals surface area contributed by atoms with E-state index in [1.165, 1.54) is 0 Å². The zero-order valence-electron chi connectivity index (χ0n) is 15.1. The minimum Gasteiger partial charge on any atom is -0.493 e. The third-order valence-electron chi connectivity index (χ3n) is 4.32. The highest BCUT2D eigenvalue weighted by atomic mass is 16.5. The number of hydrogen-bond donors (Lipinski definition) is 0. The molecule has 1 aliphatic heterocycles. The quantitative estimate of drug-likeness (QED) is 0.555. The Balaban J connectivity index is 1.61. The Kier molecular flexibility index (Phi) is 5.86. The highest BCUT2D eigenvalue weighted by Gasteiger charge is 2.22. The summed E-state index contributed by atoms with van der Waals surface area (Å²) in [5.74, 6) is -0.392. The van der Waals surface area contributed by atoms with E-state index in [0.29, 0.717) is 30.9 Å². The van der Waals surface area contributed by atoms with Gasteiger partial charge in [-0.15, -0.1) is 0 Å². The monoisotopic (exact) mass is 367 g/mol. The van der Waals surface area contributed by atoms with E-state index in [0.717, 1.165) is 12.1 Å². The fourth-order valence-corrected chi connectivity index (χ4v) is 2.96. The smallest absolute Gasteiger partial charge is 0.342 e. The van der Waals surface area contributed by atoms with Crippen LogP contribution < -0.4 is 9.64 Å². The Morgan fingerprint density at radius 2 is 1.81 bits per heavy atom. The highest BCUT2D eigenvalue weighted by molar-refractivity contribution is 6.01. The van der Waals surface area contributed by atoms with Crippen LogP contribution in [0, 0.1) is 0 Å². The van der Waals surface area contributed by atoms with Gasteiger partial charge < -0.3 is 14.4 Å². The summed E-state index contributed by atoms with van der Waals surface area (Å²) in [6.07, 6.45) is 1.40. The van der Waals surface area contributed by atoms with Crippen molar-refractivity contribution >= 4 is 23.3 Å². The summed E-state index contributed by atoms with van der Waals surface area (Å²) >= 11 is 0. The predicted octanol–water partition coefficient (Wildman–Crippen LogP) is 3.25. The molecule has 0 saturated carbocycles. The van der Waals surface area contributed by atoms with E-state index in [1.54, 1.807) is 53.4 Å². The van der Waals surface area contributed by atoms with E-state index in [2.05, 4.69) is 0 Å². The largest absolute Gasteiger partial charge is 0.493 e. The van der Waals surface area contributed by atoms with Gasteiger partial charge in [-0.3, -0.25) is 9.59 Å². The molecule has 0 aliphatic carbocycles. The number of esters is 1. The second-order valence-corrected chi connectivity index (χ2v) is 6.12. The Morgan fingerprint density at radius 1 is 1.07 bits per heavy atom.